The Morgan fingerprint density at radius 3 is 2.37 bits per heavy atom. The SMILES string of the molecule is CN=C(NCc1ccccc1CN1CCOCC1)Nc1ccc(OC(C)C)cc1.I. The smallest absolute Gasteiger partial charge is 0.195 e. The second-order valence-electron chi connectivity index (χ2n) is 7.40. The maximum atomic E-state index is 5.70. The highest BCUT2D eigenvalue weighted by molar-refractivity contribution is 14.0. The van der Waals surface area contributed by atoms with Crippen LogP contribution in [0.2, 0.25) is 0 Å². The summed E-state index contributed by atoms with van der Waals surface area (Å²) in [5.41, 5.74) is 3.59. The minimum absolute atomic E-state index is 0. The van der Waals surface area contributed by atoms with Gasteiger partial charge in [-0.1, -0.05) is 24.3 Å². The third kappa shape index (κ3) is 7.77. The summed E-state index contributed by atoms with van der Waals surface area (Å²) in [7, 11) is 1.78. The lowest BCUT2D eigenvalue weighted by atomic mass is 10.1. The van der Waals surface area contributed by atoms with E-state index in [0.29, 0.717) is 6.54 Å². The lowest BCUT2D eigenvalue weighted by molar-refractivity contribution is 0.0341. The second-order valence-corrected chi connectivity index (χ2v) is 7.40. The number of nitrogens with one attached hydrogen (secondary N) is 2. The van der Waals surface area contributed by atoms with Crippen LogP contribution in [0, 0.1) is 0 Å². The van der Waals surface area contributed by atoms with Gasteiger partial charge in [-0.15, -0.1) is 24.0 Å². The Morgan fingerprint density at radius 1 is 1.07 bits per heavy atom. The number of rotatable bonds is 7. The lowest BCUT2D eigenvalue weighted by Crippen LogP contribution is -2.36. The fraction of sp³-hybridized carbons (Fsp3) is 0.435. The molecule has 2 N–H and O–H groups in total. The van der Waals surface area contributed by atoms with Gasteiger partial charge in [-0.25, -0.2) is 0 Å². The number of nitrogens with zero attached hydrogens (tertiary/aromatic N) is 2. The van der Waals surface area contributed by atoms with Crippen molar-refractivity contribution < 1.29 is 9.47 Å². The van der Waals surface area contributed by atoms with E-state index in [1.54, 1.807) is 7.05 Å². The Hall–Kier alpha value is -1.84. The first kappa shape index (κ1) is 24.4. The molecular formula is C23H33IN4O2. The number of halogens is 1. The monoisotopic (exact) mass is 524 g/mol. The number of anilines is 1. The van der Waals surface area contributed by atoms with Crippen molar-refractivity contribution >= 4 is 35.6 Å². The largest absolute Gasteiger partial charge is 0.491 e. The molecule has 2 aromatic carbocycles. The number of ether oxygens (including phenoxy) is 2. The van der Waals surface area contributed by atoms with Crippen LogP contribution in [0.25, 0.3) is 0 Å². The van der Waals surface area contributed by atoms with Crippen molar-refractivity contribution in [3.63, 3.8) is 0 Å². The molecule has 0 amide bonds. The van der Waals surface area contributed by atoms with Gasteiger partial charge in [0.25, 0.3) is 0 Å². The molecule has 0 aromatic heterocycles. The minimum atomic E-state index is 0. The topological polar surface area (TPSA) is 58.1 Å². The molecule has 164 valence electrons. The van der Waals surface area contributed by atoms with Crippen LogP contribution in [0.4, 0.5) is 5.69 Å². The summed E-state index contributed by atoms with van der Waals surface area (Å²) in [5.74, 6) is 1.61. The fourth-order valence-corrected chi connectivity index (χ4v) is 3.27. The molecule has 0 saturated carbocycles. The molecule has 7 heteroatoms. The summed E-state index contributed by atoms with van der Waals surface area (Å²) in [5, 5.41) is 6.76. The molecule has 0 atom stereocenters. The zero-order chi connectivity index (χ0) is 20.5. The molecule has 0 spiro atoms. The molecule has 3 rings (SSSR count). The Morgan fingerprint density at radius 2 is 1.73 bits per heavy atom. The number of guanidine groups is 1. The maximum Gasteiger partial charge on any atom is 0.195 e. The summed E-state index contributed by atoms with van der Waals surface area (Å²) in [6.07, 6.45) is 0.167. The third-order valence-electron chi connectivity index (χ3n) is 4.77. The molecule has 1 saturated heterocycles. The van der Waals surface area contributed by atoms with Crippen LogP contribution < -0.4 is 15.4 Å². The van der Waals surface area contributed by atoms with Crippen molar-refractivity contribution in [1.29, 1.82) is 0 Å². The third-order valence-corrected chi connectivity index (χ3v) is 4.77. The van der Waals surface area contributed by atoms with Gasteiger partial charge in [0.05, 0.1) is 19.3 Å². The standard InChI is InChI=1S/C23H32N4O2.HI/c1-18(2)29-22-10-8-21(9-11-22)26-23(24-3)25-16-19-6-4-5-7-20(19)17-27-12-14-28-15-13-27;/h4-11,18H,12-17H2,1-3H3,(H2,24,25,26);1H. The van der Waals surface area contributed by atoms with Crippen molar-refractivity contribution in [2.24, 2.45) is 4.99 Å². The molecule has 1 fully saturated rings. The summed E-state index contributed by atoms with van der Waals surface area (Å²) >= 11 is 0. The van der Waals surface area contributed by atoms with Gasteiger partial charge in [-0.2, -0.15) is 0 Å². The summed E-state index contributed by atoms with van der Waals surface area (Å²) in [6, 6.07) is 16.5. The number of hydrogen-bond acceptors (Lipinski definition) is 4. The lowest BCUT2D eigenvalue weighted by Gasteiger charge is -2.27. The minimum Gasteiger partial charge on any atom is -0.491 e. The normalized spacial score (nSPS) is 14.9. The molecule has 0 unspecified atom stereocenters. The Labute approximate surface area is 197 Å². The van der Waals surface area contributed by atoms with Crippen LogP contribution in [0.15, 0.2) is 53.5 Å². The van der Waals surface area contributed by atoms with E-state index in [9.17, 15) is 0 Å². The van der Waals surface area contributed by atoms with Crippen molar-refractivity contribution in [1.82, 2.24) is 10.2 Å². The van der Waals surface area contributed by atoms with E-state index < -0.39 is 0 Å². The Bertz CT molecular complexity index is 790. The highest BCUT2D eigenvalue weighted by Crippen LogP contribution is 2.17. The molecule has 6 nitrogen and oxygen atoms in total. The van der Waals surface area contributed by atoms with E-state index in [1.165, 1.54) is 11.1 Å². The molecule has 2 aromatic rings. The molecule has 30 heavy (non-hydrogen) atoms. The first-order valence-electron chi connectivity index (χ1n) is 10.3. The molecule has 0 aliphatic carbocycles. The quantitative estimate of drug-likeness (QED) is 0.325. The summed E-state index contributed by atoms with van der Waals surface area (Å²) in [6.45, 7) is 9.32. The van der Waals surface area contributed by atoms with Gasteiger partial charge in [-0.3, -0.25) is 9.89 Å². The van der Waals surface area contributed by atoms with Crippen LogP contribution in [0.1, 0.15) is 25.0 Å². The maximum absolute atomic E-state index is 5.70. The van der Waals surface area contributed by atoms with E-state index in [1.807, 2.05) is 38.1 Å². The second kappa shape index (κ2) is 12.8. The van der Waals surface area contributed by atoms with E-state index >= 15 is 0 Å². The van der Waals surface area contributed by atoms with Crippen molar-refractivity contribution in [2.75, 3.05) is 38.7 Å². The highest BCUT2D eigenvalue weighted by Gasteiger charge is 2.13. The average Bonchev–Trinajstić information content (AvgIpc) is 2.73. The van der Waals surface area contributed by atoms with Gasteiger partial charge >= 0.3 is 0 Å². The van der Waals surface area contributed by atoms with Crippen molar-refractivity contribution in [3.05, 3.63) is 59.7 Å². The molecule has 1 heterocycles. The Balaban J connectivity index is 0.00000320. The van der Waals surface area contributed by atoms with Gasteiger partial charge in [0.15, 0.2) is 5.96 Å². The number of morpholine rings is 1. The van der Waals surface area contributed by atoms with Crippen LogP contribution >= 0.6 is 24.0 Å². The number of aliphatic imine (C=N–C) groups is 1. The molecule has 0 bridgehead atoms. The predicted molar refractivity (Wildman–Crippen MR) is 134 cm³/mol. The predicted octanol–water partition coefficient (Wildman–Crippen LogP) is 4.11. The van der Waals surface area contributed by atoms with E-state index in [0.717, 1.165) is 50.2 Å². The molecule has 1 aliphatic rings. The van der Waals surface area contributed by atoms with E-state index in [-0.39, 0.29) is 30.1 Å². The van der Waals surface area contributed by atoms with Gasteiger partial charge in [0.2, 0.25) is 0 Å². The van der Waals surface area contributed by atoms with Gasteiger partial charge in [0.1, 0.15) is 5.75 Å². The number of hydrogen-bond donors (Lipinski definition) is 2. The Kier molecular flexibility index (Phi) is 10.4. The van der Waals surface area contributed by atoms with Crippen LogP contribution in [0.3, 0.4) is 0 Å². The summed E-state index contributed by atoms with van der Waals surface area (Å²) < 4.78 is 11.2. The van der Waals surface area contributed by atoms with Crippen LogP contribution in [-0.4, -0.2) is 50.3 Å². The fourth-order valence-electron chi connectivity index (χ4n) is 3.27. The van der Waals surface area contributed by atoms with E-state index in [2.05, 4.69) is 44.8 Å². The van der Waals surface area contributed by atoms with Gasteiger partial charge in [-0.05, 0) is 49.2 Å². The number of benzene rings is 2. The molecule has 1 aliphatic heterocycles. The zero-order valence-electron chi connectivity index (χ0n) is 18.1. The first-order valence-corrected chi connectivity index (χ1v) is 10.3. The van der Waals surface area contributed by atoms with Crippen molar-refractivity contribution in [3.8, 4) is 5.75 Å². The first-order chi connectivity index (χ1) is 14.1. The van der Waals surface area contributed by atoms with Crippen molar-refractivity contribution in [2.45, 2.75) is 33.0 Å². The zero-order valence-corrected chi connectivity index (χ0v) is 20.4. The van der Waals surface area contributed by atoms with E-state index in [4.69, 9.17) is 9.47 Å². The van der Waals surface area contributed by atoms with Gasteiger partial charge in [0, 0.05) is 38.9 Å². The highest BCUT2D eigenvalue weighted by atomic mass is 127. The molecular weight excluding hydrogens is 491 g/mol. The molecule has 0 radical (unpaired) electrons. The van der Waals surface area contributed by atoms with Crippen LogP contribution in [0.5, 0.6) is 5.75 Å². The van der Waals surface area contributed by atoms with Gasteiger partial charge < -0.3 is 20.1 Å². The average molecular weight is 524 g/mol. The summed E-state index contributed by atoms with van der Waals surface area (Å²) in [4.78, 5) is 6.79. The van der Waals surface area contributed by atoms with Crippen LogP contribution in [-0.2, 0) is 17.8 Å².